The van der Waals surface area contributed by atoms with Crippen molar-refractivity contribution in [3.63, 3.8) is 0 Å². The van der Waals surface area contributed by atoms with Crippen molar-refractivity contribution in [1.29, 1.82) is 0 Å². The van der Waals surface area contributed by atoms with Crippen LogP contribution in [0.15, 0.2) is 48.5 Å². The molecule has 0 aromatic heterocycles. The maximum atomic E-state index is 13.9. The fraction of sp³-hybridized carbons (Fsp3) is 0.531. The molecule has 2 aromatic carbocycles. The quantitative estimate of drug-likeness (QED) is 0.410. The third kappa shape index (κ3) is 5.64. The fourth-order valence-corrected chi connectivity index (χ4v) is 6.57. The first-order valence-corrected chi connectivity index (χ1v) is 14.3. The van der Waals surface area contributed by atoms with Gasteiger partial charge < -0.3 is 24.6 Å². The van der Waals surface area contributed by atoms with E-state index in [4.69, 9.17) is 14.2 Å². The summed E-state index contributed by atoms with van der Waals surface area (Å²) in [7, 11) is 1.62. The number of carbonyl (C=O) groups is 3. The Morgan fingerprint density at radius 3 is 2.07 bits per heavy atom. The van der Waals surface area contributed by atoms with Crippen LogP contribution in [0.1, 0.15) is 69.9 Å². The number of rotatable bonds is 9. The molecule has 0 bridgehead atoms. The van der Waals surface area contributed by atoms with Crippen LogP contribution in [0.25, 0.3) is 11.1 Å². The summed E-state index contributed by atoms with van der Waals surface area (Å²) >= 11 is 0. The van der Waals surface area contributed by atoms with Crippen molar-refractivity contribution in [2.45, 2.75) is 76.0 Å². The Morgan fingerprint density at radius 1 is 1.00 bits per heavy atom. The minimum atomic E-state index is -1.50. The number of methoxy groups -OCH3 is 1. The molecule has 2 aromatic rings. The molecule has 2 saturated carbocycles. The summed E-state index contributed by atoms with van der Waals surface area (Å²) in [5.41, 5.74) is 1.90. The van der Waals surface area contributed by atoms with Gasteiger partial charge >= 0.3 is 18.2 Å². The summed E-state index contributed by atoms with van der Waals surface area (Å²) in [5, 5.41) is 13.2. The molecule has 2 fully saturated rings. The van der Waals surface area contributed by atoms with E-state index in [1.54, 1.807) is 27.9 Å². The first-order chi connectivity index (χ1) is 19.5. The second-order valence-corrected chi connectivity index (χ2v) is 12.8. The minimum absolute atomic E-state index is 0.0643. The average molecular weight is 565 g/mol. The van der Waals surface area contributed by atoms with E-state index in [9.17, 15) is 19.5 Å². The van der Waals surface area contributed by atoms with Gasteiger partial charge in [0, 0.05) is 43.9 Å². The predicted molar refractivity (Wildman–Crippen MR) is 153 cm³/mol. The van der Waals surface area contributed by atoms with E-state index in [2.05, 4.69) is 17.4 Å². The molecule has 0 spiro atoms. The second kappa shape index (κ2) is 11.0. The molecule has 220 valence electrons. The lowest BCUT2D eigenvalue weighted by molar-refractivity contribution is -0.162. The highest BCUT2D eigenvalue weighted by molar-refractivity contribution is 5.86. The molecule has 9 heteroatoms. The Balaban J connectivity index is 1.36. The normalized spacial score (nSPS) is 22.4. The number of alkyl carbamates (subject to hydrolysis) is 1. The molecule has 2 amide bonds. The number of aliphatic carboxylic acids is 1. The molecule has 0 saturated heterocycles. The SMILES string of the molecule is COCC1(CN(C(=O)OCC2c3ccccc3-c3ccccc32)C2(C(=O)O)CC(NC(=O)OC(C)(C)C)C2)CCC1. The van der Waals surface area contributed by atoms with Crippen LogP contribution in [0.4, 0.5) is 9.59 Å². The topological polar surface area (TPSA) is 114 Å². The Bertz CT molecular complexity index is 1260. The van der Waals surface area contributed by atoms with Gasteiger partial charge in [-0.2, -0.15) is 0 Å². The Hall–Kier alpha value is -3.59. The summed E-state index contributed by atoms with van der Waals surface area (Å²) in [6.07, 6.45) is 1.53. The van der Waals surface area contributed by atoms with E-state index in [0.29, 0.717) is 6.61 Å². The van der Waals surface area contributed by atoms with E-state index >= 15 is 0 Å². The van der Waals surface area contributed by atoms with Crippen molar-refractivity contribution in [2.75, 3.05) is 26.9 Å². The molecule has 2 N–H and O–H groups in total. The maximum Gasteiger partial charge on any atom is 0.410 e. The van der Waals surface area contributed by atoms with Crippen LogP contribution in [0.3, 0.4) is 0 Å². The van der Waals surface area contributed by atoms with Crippen LogP contribution in [0.5, 0.6) is 0 Å². The number of fused-ring (bicyclic) bond motifs is 3. The van der Waals surface area contributed by atoms with Gasteiger partial charge in [-0.25, -0.2) is 14.4 Å². The van der Waals surface area contributed by atoms with Crippen LogP contribution < -0.4 is 5.32 Å². The number of hydrogen-bond acceptors (Lipinski definition) is 6. The van der Waals surface area contributed by atoms with Crippen molar-refractivity contribution in [1.82, 2.24) is 10.2 Å². The van der Waals surface area contributed by atoms with Crippen LogP contribution in [0.2, 0.25) is 0 Å². The lowest BCUT2D eigenvalue weighted by Crippen LogP contribution is -2.70. The zero-order chi connectivity index (χ0) is 29.4. The smallest absolute Gasteiger partial charge is 0.410 e. The van der Waals surface area contributed by atoms with Gasteiger partial charge in [0.25, 0.3) is 0 Å². The summed E-state index contributed by atoms with van der Waals surface area (Å²) in [6, 6.07) is 15.7. The van der Waals surface area contributed by atoms with Crippen LogP contribution in [0, 0.1) is 5.41 Å². The van der Waals surface area contributed by atoms with Crippen molar-refractivity contribution >= 4 is 18.2 Å². The Kier molecular flexibility index (Phi) is 7.76. The molecule has 0 aliphatic heterocycles. The van der Waals surface area contributed by atoms with Crippen molar-refractivity contribution in [3.05, 3.63) is 59.7 Å². The molecule has 0 radical (unpaired) electrons. The molecule has 9 nitrogen and oxygen atoms in total. The second-order valence-electron chi connectivity index (χ2n) is 12.8. The van der Waals surface area contributed by atoms with E-state index < -0.39 is 35.3 Å². The first kappa shape index (κ1) is 28.9. The molecule has 0 atom stereocenters. The van der Waals surface area contributed by atoms with E-state index in [1.807, 2.05) is 36.4 Å². The number of carboxylic acid groups (broad SMARTS) is 1. The standard InChI is InChI=1S/C32H40N2O7/c1-30(2,3)41-28(37)33-21-16-32(17-21,27(35)36)34(19-31(20-39-4)14-9-15-31)29(38)40-18-26-24-12-7-5-10-22(24)23-11-6-8-13-25(23)26/h5-8,10-13,21,26H,9,14-20H2,1-4H3,(H,33,37)(H,35,36). The third-order valence-electron chi connectivity index (χ3n) is 8.72. The van der Waals surface area contributed by atoms with E-state index in [1.165, 1.54) is 4.90 Å². The van der Waals surface area contributed by atoms with Crippen LogP contribution in [-0.2, 0) is 19.0 Å². The molecular weight excluding hydrogens is 524 g/mol. The number of carbonyl (C=O) groups excluding carboxylic acids is 2. The first-order valence-electron chi connectivity index (χ1n) is 14.3. The highest BCUT2D eigenvalue weighted by atomic mass is 16.6. The zero-order valence-electron chi connectivity index (χ0n) is 24.3. The minimum Gasteiger partial charge on any atom is -0.479 e. The number of carboxylic acids is 1. The highest BCUT2D eigenvalue weighted by Gasteiger charge is 2.59. The number of amides is 2. The van der Waals surface area contributed by atoms with Crippen LogP contribution >= 0.6 is 0 Å². The molecule has 0 unspecified atom stereocenters. The lowest BCUT2D eigenvalue weighted by atomic mass is 9.66. The third-order valence-corrected chi connectivity index (χ3v) is 8.72. The summed E-state index contributed by atoms with van der Waals surface area (Å²) in [6.45, 7) is 6.03. The summed E-state index contributed by atoms with van der Waals surface area (Å²) in [5.74, 6) is -1.26. The number of ether oxygens (including phenoxy) is 3. The zero-order valence-corrected chi connectivity index (χ0v) is 24.3. The molecular formula is C32H40N2O7. The predicted octanol–water partition coefficient (Wildman–Crippen LogP) is 5.56. The molecule has 5 rings (SSSR count). The average Bonchev–Trinajstić information content (AvgIpc) is 3.19. The molecule has 41 heavy (non-hydrogen) atoms. The van der Waals surface area contributed by atoms with E-state index in [-0.39, 0.29) is 37.3 Å². The van der Waals surface area contributed by atoms with Crippen molar-refractivity contribution in [3.8, 4) is 11.1 Å². The Morgan fingerprint density at radius 2 is 1.59 bits per heavy atom. The van der Waals surface area contributed by atoms with Crippen molar-refractivity contribution in [2.24, 2.45) is 5.41 Å². The van der Waals surface area contributed by atoms with Crippen molar-refractivity contribution < 1.29 is 33.7 Å². The molecule has 3 aliphatic rings. The van der Waals surface area contributed by atoms with Gasteiger partial charge in [0.15, 0.2) is 0 Å². The number of hydrogen-bond donors (Lipinski definition) is 2. The number of nitrogens with one attached hydrogen (secondary N) is 1. The number of benzene rings is 2. The maximum absolute atomic E-state index is 13.9. The molecule has 3 aliphatic carbocycles. The fourth-order valence-electron chi connectivity index (χ4n) is 6.57. The van der Waals surface area contributed by atoms with Gasteiger partial charge in [0.1, 0.15) is 17.7 Å². The van der Waals surface area contributed by atoms with Gasteiger partial charge in [-0.3, -0.25) is 4.90 Å². The Labute approximate surface area is 241 Å². The van der Waals surface area contributed by atoms with Gasteiger partial charge in [0.2, 0.25) is 0 Å². The largest absolute Gasteiger partial charge is 0.479 e. The van der Waals surface area contributed by atoms with Crippen LogP contribution in [-0.4, -0.2) is 72.2 Å². The summed E-state index contributed by atoms with van der Waals surface area (Å²) < 4.78 is 16.8. The lowest BCUT2D eigenvalue weighted by Gasteiger charge is -2.54. The highest BCUT2D eigenvalue weighted by Crippen LogP contribution is 2.48. The van der Waals surface area contributed by atoms with Gasteiger partial charge in [-0.1, -0.05) is 55.0 Å². The van der Waals surface area contributed by atoms with Gasteiger partial charge in [0.05, 0.1) is 6.61 Å². The van der Waals surface area contributed by atoms with E-state index in [0.717, 1.165) is 41.5 Å². The summed E-state index contributed by atoms with van der Waals surface area (Å²) in [4.78, 5) is 40.5. The monoisotopic (exact) mass is 564 g/mol. The molecule has 0 heterocycles. The van der Waals surface area contributed by atoms with Gasteiger partial charge in [-0.05, 0) is 55.9 Å². The van der Waals surface area contributed by atoms with Gasteiger partial charge in [-0.15, -0.1) is 0 Å². The number of nitrogens with zero attached hydrogens (tertiary/aromatic N) is 1.